The summed E-state index contributed by atoms with van der Waals surface area (Å²) in [6.07, 6.45) is 5.74. The molecule has 174 valence electrons. The SMILES string of the molecule is CC(C(N)=O)=C(C)c1cccc2c(-c3ccnc(NC4CC(C)(C)NC(C)(C)C4)n3)c[nH]c12. The molecule has 0 radical (unpaired) electrons. The summed E-state index contributed by atoms with van der Waals surface area (Å²) in [6, 6.07) is 8.26. The normalized spacial score (nSPS) is 18.7. The van der Waals surface area contributed by atoms with Crippen molar-refractivity contribution in [1.82, 2.24) is 20.3 Å². The summed E-state index contributed by atoms with van der Waals surface area (Å²) in [5.74, 6) is 0.226. The van der Waals surface area contributed by atoms with Crippen molar-refractivity contribution in [2.24, 2.45) is 5.73 Å². The fraction of sp³-hybridized carbons (Fsp3) is 0.423. The van der Waals surface area contributed by atoms with Crippen LogP contribution in [0.3, 0.4) is 0 Å². The molecule has 1 amide bonds. The van der Waals surface area contributed by atoms with E-state index >= 15 is 0 Å². The number of hydrogen-bond acceptors (Lipinski definition) is 5. The first-order chi connectivity index (χ1) is 15.5. The van der Waals surface area contributed by atoms with E-state index < -0.39 is 5.91 Å². The fourth-order valence-corrected chi connectivity index (χ4v) is 5.25. The van der Waals surface area contributed by atoms with Crippen LogP contribution >= 0.6 is 0 Å². The van der Waals surface area contributed by atoms with Gasteiger partial charge in [0.2, 0.25) is 11.9 Å². The number of carbonyl (C=O) groups is 1. The van der Waals surface area contributed by atoms with Crippen molar-refractivity contribution in [3.8, 4) is 11.3 Å². The van der Waals surface area contributed by atoms with Gasteiger partial charge >= 0.3 is 0 Å². The number of aromatic nitrogens is 3. The number of nitrogens with one attached hydrogen (secondary N) is 3. The van der Waals surface area contributed by atoms with Gasteiger partial charge in [0.25, 0.3) is 0 Å². The van der Waals surface area contributed by atoms with E-state index in [1.165, 1.54) is 0 Å². The molecular weight excluding hydrogens is 412 g/mol. The molecule has 0 spiro atoms. The Bertz CT molecular complexity index is 1220. The first kappa shape index (κ1) is 23.0. The van der Waals surface area contributed by atoms with E-state index in [4.69, 9.17) is 10.7 Å². The zero-order chi connectivity index (χ0) is 24.0. The molecule has 1 aliphatic heterocycles. The summed E-state index contributed by atoms with van der Waals surface area (Å²) in [6.45, 7) is 12.6. The van der Waals surface area contributed by atoms with E-state index in [-0.39, 0.29) is 17.1 Å². The molecule has 0 atom stereocenters. The van der Waals surface area contributed by atoms with E-state index in [2.05, 4.69) is 54.4 Å². The van der Waals surface area contributed by atoms with Gasteiger partial charge in [-0.3, -0.25) is 4.79 Å². The van der Waals surface area contributed by atoms with Crippen molar-refractivity contribution in [3.63, 3.8) is 0 Å². The number of para-hydroxylation sites is 1. The number of nitrogens with two attached hydrogens (primary N) is 1. The van der Waals surface area contributed by atoms with E-state index in [1.54, 1.807) is 13.1 Å². The lowest BCUT2D eigenvalue weighted by Gasteiger charge is -2.46. The van der Waals surface area contributed by atoms with Gasteiger partial charge in [-0.25, -0.2) is 9.97 Å². The third-order valence-electron chi connectivity index (χ3n) is 6.51. The molecule has 5 N–H and O–H groups in total. The Labute approximate surface area is 195 Å². The average Bonchev–Trinajstić information content (AvgIpc) is 3.14. The number of hydrogen-bond donors (Lipinski definition) is 4. The zero-order valence-corrected chi connectivity index (χ0v) is 20.3. The lowest BCUT2D eigenvalue weighted by molar-refractivity contribution is -0.114. The maximum atomic E-state index is 11.7. The van der Waals surface area contributed by atoms with Crippen molar-refractivity contribution in [1.29, 1.82) is 0 Å². The number of rotatable bonds is 5. The number of allylic oxidation sites excluding steroid dienone is 1. The second-order valence-electron chi connectivity index (χ2n) is 10.5. The van der Waals surface area contributed by atoms with E-state index in [0.717, 1.165) is 46.1 Å². The minimum Gasteiger partial charge on any atom is -0.366 e. The van der Waals surface area contributed by atoms with Crippen LogP contribution in [0.4, 0.5) is 5.95 Å². The lowest BCUT2D eigenvalue weighted by Crippen LogP contribution is -2.60. The van der Waals surface area contributed by atoms with E-state index in [1.807, 2.05) is 31.3 Å². The molecule has 1 saturated heterocycles. The van der Waals surface area contributed by atoms with Crippen LogP contribution in [0.2, 0.25) is 0 Å². The monoisotopic (exact) mass is 446 g/mol. The molecule has 3 aromatic rings. The van der Waals surface area contributed by atoms with Gasteiger partial charge in [0.15, 0.2) is 0 Å². The summed E-state index contributed by atoms with van der Waals surface area (Å²) < 4.78 is 0. The molecule has 0 saturated carbocycles. The van der Waals surface area contributed by atoms with Crippen LogP contribution in [0.1, 0.15) is 59.9 Å². The predicted octanol–water partition coefficient (Wildman–Crippen LogP) is 4.62. The Kier molecular flexibility index (Phi) is 5.78. The zero-order valence-electron chi connectivity index (χ0n) is 20.3. The van der Waals surface area contributed by atoms with Gasteiger partial charge in [0, 0.05) is 51.6 Å². The quantitative estimate of drug-likeness (QED) is 0.428. The average molecular weight is 447 g/mol. The van der Waals surface area contributed by atoms with Crippen molar-refractivity contribution in [3.05, 3.63) is 47.8 Å². The Balaban J connectivity index is 1.67. The summed E-state index contributed by atoms with van der Waals surface area (Å²) in [5, 5.41) is 8.32. The molecule has 1 aromatic carbocycles. The molecule has 4 rings (SSSR count). The summed E-state index contributed by atoms with van der Waals surface area (Å²) in [4.78, 5) is 24.4. The largest absolute Gasteiger partial charge is 0.366 e. The maximum absolute atomic E-state index is 11.7. The topological polar surface area (TPSA) is 109 Å². The molecule has 0 unspecified atom stereocenters. The summed E-state index contributed by atoms with van der Waals surface area (Å²) in [7, 11) is 0. The number of piperidine rings is 1. The molecule has 7 heteroatoms. The molecule has 33 heavy (non-hydrogen) atoms. The van der Waals surface area contributed by atoms with Crippen LogP contribution < -0.4 is 16.4 Å². The van der Waals surface area contributed by atoms with Gasteiger partial charge < -0.3 is 21.4 Å². The maximum Gasteiger partial charge on any atom is 0.244 e. The van der Waals surface area contributed by atoms with Crippen LogP contribution in [0, 0.1) is 0 Å². The molecule has 3 heterocycles. The third kappa shape index (κ3) is 4.78. The van der Waals surface area contributed by atoms with Gasteiger partial charge in [-0.1, -0.05) is 18.2 Å². The van der Waals surface area contributed by atoms with E-state index in [9.17, 15) is 4.79 Å². The highest BCUT2D eigenvalue weighted by Gasteiger charge is 2.37. The lowest BCUT2D eigenvalue weighted by atomic mass is 9.80. The first-order valence-corrected chi connectivity index (χ1v) is 11.4. The van der Waals surface area contributed by atoms with Crippen molar-refractivity contribution >= 4 is 28.3 Å². The number of anilines is 1. The Hall–Kier alpha value is -3.19. The standard InChI is InChI=1S/C26H34N6O/c1-15(16(2)23(27)33)18-8-7-9-19-20(14-29-22(18)19)21-10-11-28-24(31-21)30-17-12-25(3,4)32-26(5,6)13-17/h7-11,14,17,29,32H,12-13H2,1-6H3,(H2,27,33)(H,28,30,31). The van der Waals surface area contributed by atoms with Crippen LogP contribution in [-0.2, 0) is 4.79 Å². The number of fused-ring (bicyclic) bond motifs is 1. The number of primary amides is 1. The predicted molar refractivity (Wildman–Crippen MR) is 135 cm³/mol. The van der Waals surface area contributed by atoms with Gasteiger partial charge in [-0.15, -0.1) is 0 Å². The van der Waals surface area contributed by atoms with Crippen LogP contribution in [0.15, 0.2) is 42.2 Å². The highest BCUT2D eigenvalue weighted by atomic mass is 16.1. The number of nitrogens with zero attached hydrogens (tertiary/aromatic N) is 2. The highest BCUT2D eigenvalue weighted by molar-refractivity contribution is 6.05. The minimum atomic E-state index is -0.410. The number of aromatic amines is 1. The van der Waals surface area contributed by atoms with Crippen LogP contribution in [0.25, 0.3) is 27.7 Å². The molecule has 1 aliphatic rings. The van der Waals surface area contributed by atoms with Gasteiger partial charge in [-0.05, 0) is 66.0 Å². The molecule has 0 aliphatic carbocycles. The number of H-pyrrole nitrogens is 1. The van der Waals surface area contributed by atoms with Crippen LogP contribution in [-0.4, -0.2) is 38.0 Å². The molecule has 0 bridgehead atoms. The Morgan fingerprint density at radius 1 is 1.12 bits per heavy atom. The second-order valence-corrected chi connectivity index (χ2v) is 10.5. The molecule has 7 nitrogen and oxygen atoms in total. The molecular formula is C26H34N6O. The second kappa shape index (κ2) is 8.30. The van der Waals surface area contributed by atoms with E-state index in [0.29, 0.717) is 11.5 Å². The smallest absolute Gasteiger partial charge is 0.244 e. The Morgan fingerprint density at radius 2 is 1.82 bits per heavy atom. The number of amides is 1. The first-order valence-electron chi connectivity index (χ1n) is 11.4. The van der Waals surface area contributed by atoms with Gasteiger partial charge in [-0.2, -0.15) is 0 Å². The number of carbonyl (C=O) groups excluding carboxylic acids is 1. The van der Waals surface area contributed by atoms with Crippen molar-refractivity contribution in [2.75, 3.05) is 5.32 Å². The third-order valence-corrected chi connectivity index (χ3v) is 6.51. The highest BCUT2D eigenvalue weighted by Crippen LogP contribution is 2.34. The molecule has 2 aromatic heterocycles. The fourth-order valence-electron chi connectivity index (χ4n) is 5.25. The van der Waals surface area contributed by atoms with Gasteiger partial charge in [0.1, 0.15) is 0 Å². The number of benzene rings is 1. The molecule has 1 fully saturated rings. The van der Waals surface area contributed by atoms with Crippen LogP contribution in [0.5, 0.6) is 0 Å². The van der Waals surface area contributed by atoms with Crippen molar-refractivity contribution in [2.45, 2.75) is 71.5 Å². The Morgan fingerprint density at radius 3 is 2.48 bits per heavy atom. The van der Waals surface area contributed by atoms with Crippen molar-refractivity contribution < 1.29 is 4.79 Å². The minimum absolute atomic E-state index is 0.0404. The summed E-state index contributed by atoms with van der Waals surface area (Å²) >= 11 is 0. The summed E-state index contributed by atoms with van der Waals surface area (Å²) in [5.41, 5.74) is 10.8. The van der Waals surface area contributed by atoms with Gasteiger partial charge in [0.05, 0.1) is 11.2 Å².